The van der Waals surface area contributed by atoms with Crippen molar-refractivity contribution in [2.75, 3.05) is 6.54 Å². The molecule has 1 aliphatic heterocycles. The van der Waals surface area contributed by atoms with Crippen LogP contribution in [0, 0.1) is 5.41 Å². The Morgan fingerprint density at radius 2 is 1.86 bits per heavy atom. The number of carboxylic acid groups (broad SMARTS) is 1. The highest BCUT2D eigenvalue weighted by Gasteiger charge is 2.51. The molecule has 0 spiro atoms. The Kier molecular flexibility index (Phi) is 5.09. The molecule has 1 rings (SSSR count). The van der Waals surface area contributed by atoms with Crippen LogP contribution >= 0.6 is 0 Å². The van der Waals surface area contributed by atoms with Crippen LogP contribution < -0.4 is 0 Å². The van der Waals surface area contributed by atoms with Gasteiger partial charge < -0.3 is 9.84 Å². The average molecular weight is 321 g/mol. The molecule has 1 heterocycles. The third kappa shape index (κ3) is 5.10. The number of halogens is 2. The van der Waals surface area contributed by atoms with Gasteiger partial charge in [-0.25, -0.2) is 13.6 Å². The fourth-order valence-corrected chi connectivity index (χ4v) is 2.60. The number of aliphatic carboxylic acids is 1. The lowest BCUT2D eigenvalue weighted by Crippen LogP contribution is -2.58. The predicted molar refractivity (Wildman–Crippen MR) is 76.9 cm³/mol. The van der Waals surface area contributed by atoms with Gasteiger partial charge in [-0.1, -0.05) is 13.8 Å². The van der Waals surface area contributed by atoms with E-state index in [-0.39, 0.29) is 18.4 Å². The first kappa shape index (κ1) is 18.6. The van der Waals surface area contributed by atoms with Gasteiger partial charge in [0.05, 0.1) is 6.04 Å². The van der Waals surface area contributed by atoms with E-state index in [1.54, 1.807) is 20.8 Å². The monoisotopic (exact) mass is 321 g/mol. The summed E-state index contributed by atoms with van der Waals surface area (Å²) in [6.07, 6.45) is -1.58. The zero-order chi connectivity index (χ0) is 17.3. The summed E-state index contributed by atoms with van der Waals surface area (Å²) in [5.41, 5.74) is -1.11. The molecule has 1 fully saturated rings. The van der Waals surface area contributed by atoms with E-state index in [1.165, 1.54) is 0 Å². The molecule has 0 aromatic heterocycles. The molecule has 0 aliphatic carbocycles. The highest BCUT2D eigenvalue weighted by molar-refractivity contribution is 5.70. The van der Waals surface area contributed by atoms with Crippen LogP contribution in [0.15, 0.2) is 0 Å². The molecule has 0 bridgehead atoms. The number of amides is 1. The average Bonchev–Trinajstić information content (AvgIpc) is 2.22. The summed E-state index contributed by atoms with van der Waals surface area (Å²) in [4.78, 5) is 23.9. The highest BCUT2D eigenvalue weighted by atomic mass is 19.3. The zero-order valence-electron chi connectivity index (χ0n) is 13.8. The van der Waals surface area contributed by atoms with Crippen LogP contribution in [0.1, 0.15) is 53.9 Å². The third-order valence-electron chi connectivity index (χ3n) is 3.57. The maximum Gasteiger partial charge on any atom is 0.410 e. The fraction of sp³-hybridized carbons (Fsp3) is 0.867. The summed E-state index contributed by atoms with van der Waals surface area (Å²) < 4.78 is 33.7. The summed E-state index contributed by atoms with van der Waals surface area (Å²) in [7, 11) is 0. The van der Waals surface area contributed by atoms with Gasteiger partial charge in [-0.05, 0) is 39.0 Å². The van der Waals surface area contributed by atoms with Crippen LogP contribution in [-0.2, 0) is 9.53 Å². The van der Waals surface area contributed by atoms with Crippen molar-refractivity contribution in [1.82, 2.24) is 4.90 Å². The number of likely N-dealkylation sites (tertiary alicyclic amines) is 1. The molecule has 1 saturated heterocycles. The molecule has 1 atom stereocenters. The first-order valence-electron chi connectivity index (χ1n) is 7.33. The van der Waals surface area contributed by atoms with Gasteiger partial charge in [0.15, 0.2) is 0 Å². The Balaban J connectivity index is 3.02. The van der Waals surface area contributed by atoms with Crippen LogP contribution in [0.5, 0.6) is 0 Å². The van der Waals surface area contributed by atoms with E-state index in [0.29, 0.717) is 6.42 Å². The minimum absolute atomic E-state index is 0.0481. The summed E-state index contributed by atoms with van der Waals surface area (Å²) in [6, 6.07) is -1.45. The Labute approximate surface area is 129 Å². The molecule has 1 N–H and O–H groups in total. The van der Waals surface area contributed by atoms with Gasteiger partial charge in [0.1, 0.15) is 12.0 Å². The summed E-state index contributed by atoms with van der Waals surface area (Å²) in [6.45, 7) is 8.85. The van der Waals surface area contributed by atoms with Gasteiger partial charge in [0, 0.05) is 6.54 Å². The first-order valence-corrected chi connectivity index (χ1v) is 7.33. The van der Waals surface area contributed by atoms with Crippen molar-refractivity contribution in [2.24, 2.45) is 5.41 Å². The number of alkyl halides is 2. The second-order valence-electron chi connectivity index (χ2n) is 7.66. The molecule has 0 aromatic rings. The Morgan fingerprint density at radius 3 is 2.32 bits per heavy atom. The van der Waals surface area contributed by atoms with E-state index in [4.69, 9.17) is 9.84 Å². The van der Waals surface area contributed by atoms with Crippen molar-refractivity contribution >= 4 is 12.1 Å². The molecular formula is C15H25F2NO4. The van der Waals surface area contributed by atoms with E-state index in [9.17, 15) is 18.4 Å². The van der Waals surface area contributed by atoms with Gasteiger partial charge in [-0.3, -0.25) is 9.69 Å². The molecule has 1 aliphatic rings. The largest absolute Gasteiger partial charge is 0.481 e. The van der Waals surface area contributed by atoms with Crippen molar-refractivity contribution in [1.29, 1.82) is 0 Å². The van der Waals surface area contributed by atoms with Gasteiger partial charge >= 0.3 is 12.1 Å². The number of carbonyl (C=O) groups excluding carboxylic acids is 1. The van der Waals surface area contributed by atoms with E-state index in [1.807, 2.05) is 13.8 Å². The minimum Gasteiger partial charge on any atom is -0.481 e. The predicted octanol–water partition coefficient (Wildman–Crippen LogP) is 3.52. The minimum atomic E-state index is -3.49. The number of piperidine rings is 1. The lowest BCUT2D eigenvalue weighted by Gasteiger charge is -2.46. The molecule has 0 saturated carbocycles. The smallest absolute Gasteiger partial charge is 0.410 e. The molecule has 7 heteroatoms. The van der Waals surface area contributed by atoms with E-state index >= 15 is 0 Å². The van der Waals surface area contributed by atoms with E-state index in [2.05, 4.69) is 0 Å². The third-order valence-corrected chi connectivity index (χ3v) is 3.57. The standard InChI is InChI=1S/C15H25F2NO4/c1-13(2,3)22-12(21)18-9-14(4,5)7-6-10(18)15(16,17)8-11(19)20/h10H,6-9H2,1-5H3,(H,19,20). The van der Waals surface area contributed by atoms with Crippen molar-refractivity contribution in [2.45, 2.75) is 71.4 Å². The molecule has 128 valence electrons. The second kappa shape index (κ2) is 6.01. The number of carbonyl (C=O) groups is 2. The first-order chi connectivity index (χ1) is 9.73. The summed E-state index contributed by atoms with van der Waals surface area (Å²) in [5, 5.41) is 8.68. The number of hydrogen-bond acceptors (Lipinski definition) is 3. The quantitative estimate of drug-likeness (QED) is 0.863. The van der Waals surface area contributed by atoms with Crippen molar-refractivity contribution in [3.05, 3.63) is 0 Å². The van der Waals surface area contributed by atoms with Crippen LogP contribution in [0.2, 0.25) is 0 Å². The fourth-order valence-electron chi connectivity index (χ4n) is 2.60. The van der Waals surface area contributed by atoms with Crippen LogP contribution in [0.4, 0.5) is 13.6 Å². The maximum absolute atomic E-state index is 14.2. The van der Waals surface area contributed by atoms with Crippen LogP contribution in [0.25, 0.3) is 0 Å². The van der Waals surface area contributed by atoms with Crippen LogP contribution in [0.3, 0.4) is 0 Å². The van der Waals surface area contributed by atoms with Gasteiger partial charge in [-0.15, -0.1) is 0 Å². The number of ether oxygens (including phenoxy) is 1. The lowest BCUT2D eigenvalue weighted by molar-refractivity contribution is -0.155. The Morgan fingerprint density at radius 1 is 1.32 bits per heavy atom. The molecule has 0 aromatic carbocycles. The molecule has 22 heavy (non-hydrogen) atoms. The zero-order valence-corrected chi connectivity index (χ0v) is 13.8. The van der Waals surface area contributed by atoms with Crippen molar-refractivity contribution in [3.8, 4) is 0 Å². The lowest BCUT2D eigenvalue weighted by atomic mass is 9.79. The van der Waals surface area contributed by atoms with Crippen molar-refractivity contribution in [3.63, 3.8) is 0 Å². The summed E-state index contributed by atoms with van der Waals surface area (Å²) >= 11 is 0. The molecule has 1 amide bonds. The molecule has 0 radical (unpaired) electrons. The SMILES string of the molecule is CC1(C)CCC(C(F)(F)CC(=O)O)N(C(=O)OC(C)(C)C)C1. The second-order valence-corrected chi connectivity index (χ2v) is 7.66. The van der Waals surface area contributed by atoms with E-state index in [0.717, 1.165) is 4.90 Å². The Hall–Kier alpha value is -1.40. The van der Waals surface area contributed by atoms with Crippen LogP contribution in [-0.4, -0.2) is 46.2 Å². The Bertz CT molecular complexity index is 443. The number of hydrogen-bond donors (Lipinski definition) is 1. The maximum atomic E-state index is 14.2. The molecule has 5 nitrogen and oxygen atoms in total. The molecular weight excluding hydrogens is 296 g/mol. The van der Waals surface area contributed by atoms with Crippen molar-refractivity contribution < 1.29 is 28.2 Å². The summed E-state index contributed by atoms with van der Waals surface area (Å²) in [5.74, 6) is -5.07. The van der Waals surface area contributed by atoms with Gasteiger partial charge in [0.2, 0.25) is 0 Å². The normalized spacial score (nSPS) is 22.3. The number of carboxylic acids is 1. The topological polar surface area (TPSA) is 66.8 Å². The number of rotatable bonds is 3. The van der Waals surface area contributed by atoms with E-state index < -0.39 is 36.0 Å². The molecule has 1 unspecified atom stereocenters. The van der Waals surface area contributed by atoms with Gasteiger partial charge in [-0.2, -0.15) is 0 Å². The number of nitrogens with zero attached hydrogens (tertiary/aromatic N) is 1. The van der Waals surface area contributed by atoms with Gasteiger partial charge in [0.25, 0.3) is 5.92 Å². The highest BCUT2D eigenvalue weighted by Crippen LogP contribution is 2.40.